The van der Waals surface area contributed by atoms with Crippen LogP contribution in [0.1, 0.15) is 34.1 Å². The molecule has 0 amide bonds. The summed E-state index contributed by atoms with van der Waals surface area (Å²) in [4.78, 5) is 4.41. The second-order valence-corrected chi connectivity index (χ2v) is 3.74. The molecule has 0 unspecified atom stereocenters. The molecule has 0 N–H and O–H groups in total. The van der Waals surface area contributed by atoms with Crippen LogP contribution in [0, 0.1) is 5.92 Å². The summed E-state index contributed by atoms with van der Waals surface area (Å²) in [7, 11) is 0. The molecule has 1 heterocycles. The monoisotopic (exact) mass is 163 g/mol. The maximum atomic E-state index is 4.41. The van der Waals surface area contributed by atoms with Crippen molar-refractivity contribution >= 4 is 5.71 Å². The Morgan fingerprint density at radius 2 is 2.08 bits per heavy atom. The molecule has 0 saturated heterocycles. The summed E-state index contributed by atoms with van der Waals surface area (Å²) in [6.45, 7) is 8.71. The van der Waals surface area contributed by atoms with Crippen LogP contribution in [0.5, 0.6) is 0 Å². The van der Waals surface area contributed by atoms with E-state index in [2.05, 4.69) is 38.8 Å². The Morgan fingerprint density at radius 3 is 2.50 bits per heavy atom. The van der Waals surface area contributed by atoms with Gasteiger partial charge < -0.3 is 0 Å². The Balaban J connectivity index is 3.00. The zero-order chi connectivity index (χ0) is 9.14. The molecule has 1 aliphatic rings. The molecular weight excluding hydrogens is 146 g/mol. The van der Waals surface area contributed by atoms with Crippen LogP contribution in [0.4, 0.5) is 0 Å². The fourth-order valence-corrected chi connectivity index (χ4v) is 1.44. The Labute approximate surface area is 74.9 Å². The summed E-state index contributed by atoms with van der Waals surface area (Å²) in [5.41, 5.74) is 4.08. The highest BCUT2D eigenvalue weighted by atomic mass is 14.7. The van der Waals surface area contributed by atoms with Crippen LogP contribution in [0.25, 0.3) is 0 Å². The maximum absolute atomic E-state index is 4.41. The fraction of sp³-hybridized carbons (Fsp3) is 0.545. The van der Waals surface area contributed by atoms with E-state index in [-0.39, 0.29) is 0 Å². The second kappa shape index (κ2) is 3.70. The van der Waals surface area contributed by atoms with Crippen molar-refractivity contribution in [2.24, 2.45) is 10.9 Å². The standard InChI is InChI=1S/C11H17N/c1-8(2)10-6-5-7-12-11(10)9(3)4/h5,7,9H,6H2,1-4H3. The molecule has 1 nitrogen and oxygen atoms in total. The lowest BCUT2D eigenvalue weighted by atomic mass is 9.93. The zero-order valence-electron chi connectivity index (χ0n) is 8.39. The average Bonchev–Trinajstić information content (AvgIpc) is 2.04. The quantitative estimate of drug-likeness (QED) is 0.562. The largest absolute Gasteiger partial charge is 0.261 e. The van der Waals surface area contributed by atoms with Crippen LogP contribution in [-0.4, -0.2) is 5.71 Å². The van der Waals surface area contributed by atoms with Crippen molar-refractivity contribution in [3.05, 3.63) is 23.4 Å². The molecular formula is C11H17N. The maximum Gasteiger partial charge on any atom is 0.0463 e. The first kappa shape index (κ1) is 9.24. The van der Waals surface area contributed by atoms with Crippen LogP contribution >= 0.6 is 0 Å². The average molecular weight is 163 g/mol. The van der Waals surface area contributed by atoms with Crippen LogP contribution in [0.2, 0.25) is 0 Å². The predicted molar refractivity (Wildman–Crippen MR) is 54.4 cm³/mol. The third-order valence-corrected chi connectivity index (χ3v) is 2.10. The SMILES string of the molecule is CC(C)=C1CC=CN=C1C(C)C. The van der Waals surface area contributed by atoms with Gasteiger partial charge in [0, 0.05) is 11.9 Å². The lowest BCUT2D eigenvalue weighted by Gasteiger charge is -2.16. The number of hydrogen-bond donors (Lipinski definition) is 0. The summed E-state index contributed by atoms with van der Waals surface area (Å²) < 4.78 is 0. The minimum absolute atomic E-state index is 0.542. The molecule has 0 aromatic rings. The van der Waals surface area contributed by atoms with Crippen molar-refractivity contribution in [1.82, 2.24) is 0 Å². The molecule has 0 saturated carbocycles. The van der Waals surface area contributed by atoms with Crippen molar-refractivity contribution in [3.63, 3.8) is 0 Å². The Bertz CT molecular complexity index is 250. The van der Waals surface area contributed by atoms with E-state index < -0.39 is 0 Å². The van der Waals surface area contributed by atoms with Crippen molar-refractivity contribution in [2.75, 3.05) is 0 Å². The number of aliphatic imine (C=N–C) groups is 1. The molecule has 0 bridgehead atoms. The molecule has 1 heteroatoms. The number of hydrogen-bond acceptors (Lipinski definition) is 1. The van der Waals surface area contributed by atoms with Gasteiger partial charge in [0.2, 0.25) is 0 Å². The van der Waals surface area contributed by atoms with Gasteiger partial charge in [-0.3, -0.25) is 4.99 Å². The van der Waals surface area contributed by atoms with Crippen LogP contribution in [0.3, 0.4) is 0 Å². The van der Waals surface area contributed by atoms with E-state index in [0.717, 1.165) is 6.42 Å². The minimum Gasteiger partial charge on any atom is -0.261 e. The van der Waals surface area contributed by atoms with Gasteiger partial charge in [-0.1, -0.05) is 25.5 Å². The van der Waals surface area contributed by atoms with E-state index in [1.54, 1.807) is 0 Å². The molecule has 0 aromatic heterocycles. The summed E-state index contributed by atoms with van der Waals surface area (Å²) in [6, 6.07) is 0. The van der Waals surface area contributed by atoms with Gasteiger partial charge in [-0.2, -0.15) is 0 Å². The molecule has 1 aliphatic heterocycles. The van der Waals surface area contributed by atoms with Gasteiger partial charge in [0.15, 0.2) is 0 Å². The fourth-order valence-electron chi connectivity index (χ4n) is 1.44. The normalized spacial score (nSPS) is 16.8. The highest BCUT2D eigenvalue weighted by Gasteiger charge is 2.13. The number of nitrogens with zero attached hydrogens (tertiary/aromatic N) is 1. The molecule has 12 heavy (non-hydrogen) atoms. The highest BCUT2D eigenvalue weighted by Crippen LogP contribution is 2.20. The Morgan fingerprint density at radius 1 is 1.42 bits per heavy atom. The van der Waals surface area contributed by atoms with Crippen LogP contribution in [-0.2, 0) is 0 Å². The van der Waals surface area contributed by atoms with E-state index in [1.807, 2.05) is 6.20 Å². The van der Waals surface area contributed by atoms with Gasteiger partial charge in [0.1, 0.15) is 0 Å². The van der Waals surface area contributed by atoms with Crippen molar-refractivity contribution < 1.29 is 0 Å². The van der Waals surface area contributed by atoms with Gasteiger partial charge in [0.25, 0.3) is 0 Å². The second-order valence-electron chi connectivity index (χ2n) is 3.74. The van der Waals surface area contributed by atoms with Crippen molar-refractivity contribution in [1.29, 1.82) is 0 Å². The van der Waals surface area contributed by atoms with E-state index in [0.29, 0.717) is 5.92 Å². The van der Waals surface area contributed by atoms with Gasteiger partial charge in [0.05, 0.1) is 0 Å². The number of allylic oxidation sites excluding steroid dienone is 3. The zero-order valence-corrected chi connectivity index (χ0v) is 8.39. The molecule has 1 rings (SSSR count). The van der Waals surface area contributed by atoms with Crippen LogP contribution < -0.4 is 0 Å². The molecule has 0 fully saturated rings. The number of rotatable bonds is 1. The molecule has 0 spiro atoms. The highest BCUT2D eigenvalue weighted by molar-refractivity contribution is 6.03. The van der Waals surface area contributed by atoms with E-state index in [9.17, 15) is 0 Å². The first-order valence-electron chi connectivity index (χ1n) is 4.52. The molecule has 0 aromatic carbocycles. The first-order valence-corrected chi connectivity index (χ1v) is 4.52. The van der Waals surface area contributed by atoms with Gasteiger partial charge in [-0.15, -0.1) is 0 Å². The lowest BCUT2D eigenvalue weighted by molar-refractivity contribution is 0.870. The first-order chi connectivity index (χ1) is 5.63. The lowest BCUT2D eigenvalue weighted by Crippen LogP contribution is -2.13. The third-order valence-electron chi connectivity index (χ3n) is 2.10. The Hall–Kier alpha value is -0.850. The van der Waals surface area contributed by atoms with E-state index in [4.69, 9.17) is 0 Å². The topological polar surface area (TPSA) is 12.4 Å². The van der Waals surface area contributed by atoms with Gasteiger partial charge in [-0.25, -0.2) is 0 Å². The van der Waals surface area contributed by atoms with Crippen molar-refractivity contribution in [3.8, 4) is 0 Å². The van der Waals surface area contributed by atoms with Gasteiger partial charge in [-0.05, 0) is 31.8 Å². The predicted octanol–water partition coefficient (Wildman–Crippen LogP) is 3.34. The van der Waals surface area contributed by atoms with Crippen LogP contribution in [0.15, 0.2) is 28.4 Å². The summed E-state index contributed by atoms with van der Waals surface area (Å²) >= 11 is 0. The molecule has 0 aliphatic carbocycles. The Kier molecular flexibility index (Phi) is 2.85. The van der Waals surface area contributed by atoms with E-state index >= 15 is 0 Å². The van der Waals surface area contributed by atoms with Crippen molar-refractivity contribution in [2.45, 2.75) is 34.1 Å². The van der Waals surface area contributed by atoms with E-state index in [1.165, 1.54) is 16.9 Å². The smallest absolute Gasteiger partial charge is 0.0463 e. The minimum atomic E-state index is 0.542. The van der Waals surface area contributed by atoms with Gasteiger partial charge >= 0.3 is 0 Å². The third kappa shape index (κ3) is 1.84. The summed E-state index contributed by atoms with van der Waals surface area (Å²) in [5.74, 6) is 0.542. The molecule has 66 valence electrons. The summed E-state index contributed by atoms with van der Waals surface area (Å²) in [5, 5.41) is 0. The molecule has 0 atom stereocenters. The molecule has 0 radical (unpaired) electrons. The summed E-state index contributed by atoms with van der Waals surface area (Å²) in [6.07, 6.45) is 5.09.